The van der Waals surface area contributed by atoms with Crippen LogP contribution < -0.4 is 18.9 Å². The minimum atomic E-state index is -0.00703. The van der Waals surface area contributed by atoms with Gasteiger partial charge in [0.25, 0.3) is 0 Å². The number of aromatic nitrogens is 3. The van der Waals surface area contributed by atoms with Crippen molar-refractivity contribution in [1.29, 1.82) is 0 Å². The third kappa shape index (κ3) is 4.50. The molecule has 0 bridgehead atoms. The first-order valence-corrected chi connectivity index (χ1v) is 12.0. The number of hydrogen-bond acceptors (Lipinski definition) is 8. The van der Waals surface area contributed by atoms with Gasteiger partial charge in [0.15, 0.2) is 39.8 Å². The first-order chi connectivity index (χ1) is 16.1. The van der Waals surface area contributed by atoms with Crippen molar-refractivity contribution in [2.24, 2.45) is 0 Å². The smallest absolute Gasteiger partial charge is 0.192 e. The fraction of sp³-hybridized carbons (Fsp3) is 0.375. The molecule has 0 aliphatic carbocycles. The normalized spacial score (nSPS) is 14.8. The highest BCUT2D eigenvalue weighted by Gasteiger charge is 2.21. The molecule has 2 aliphatic heterocycles. The predicted octanol–water partition coefficient (Wildman–Crippen LogP) is 4.43. The van der Waals surface area contributed by atoms with Crippen molar-refractivity contribution < 1.29 is 23.7 Å². The topological polar surface area (TPSA) is 84.7 Å². The van der Waals surface area contributed by atoms with Gasteiger partial charge in [0.2, 0.25) is 0 Å². The van der Waals surface area contributed by atoms with Gasteiger partial charge in [-0.1, -0.05) is 11.8 Å². The van der Waals surface area contributed by atoms with Gasteiger partial charge >= 0.3 is 0 Å². The Hall–Kier alpha value is -3.20. The highest BCUT2D eigenvalue weighted by atomic mass is 32.2. The van der Waals surface area contributed by atoms with Crippen LogP contribution in [0.2, 0.25) is 0 Å². The molecule has 0 N–H and O–H groups in total. The summed E-state index contributed by atoms with van der Waals surface area (Å²) in [5.41, 5.74) is 1.48. The number of ether oxygens (including phenoxy) is 4. The number of rotatable bonds is 6. The van der Waals surface area contributed by atoms with E-state index < -0.39 is 0 Å². The van der Waals surface area contributed by atoms with Crippen LogP contribution in [0.1, 0.15) is 36.7 Å². The van der Waals surface area contributed by atoms with Gasteiger partial charge < -0.3 is 18.9 Å². The van der Waals surface area contributed by atoms with Crippen LogP contribution in [-0.4, -0.2) is 52.7 Å². The number of hydrogen-bond donors (Lipinski definition) is 0. The number of ketones is 1. The number of thioether (sulfide) groups is 1. The van der Waals surface area contributed by atoms with Crippen molar-refractivity contribution in [3.63, 3.8) is 0 Å². The number of carbonyl (C=O) groups is 1. The third-order valence-corrected chi connectivity index (χ3v) is 6.33. The lowest BCUT2D eigenvalue weighted by atomic mass is 10.1. The second kappa shape index (κ2) is 9.35. The number of carbonyl (C=O) groups excluding carboxylic acids is 1. The Kier molecular flexibility index (Phi) is 6.13. The van der Waals surface area contributed by atoms with Gasteiger partial charge in [-0.2, -0.15) is 0 Å². The Balaban J connectivity index is 1.36. The molecule has 3 heterocycles. The van der Waals surface area contributed by atoms with Crippen molar-refractivity contribution in [1.82, 2.24) is 14.8 Å². The van der Waals surface area contributed by atoms with E-state index in [2.05, 4.69) is 24.0 Å². The maximum absolute atomic E-state index is 12.8. The van der Waals surface area contributed by atoms with Crippen LogP contribution >= 0.6 is 11.8 Å². The molecule has 0 atom stereocenters. The van der Waals surface area contributed by atoms with Crippen LogP contribution in [0, 0.1) is 0 Å². The summed E-state index contributed by atoms with van der Waals surface area (Å²) >= 11 is 1.38. The van der Waals surface area contributed by atoms with Crippen LogP contribution in [0.3, 0.4) is 0 Å². The Labute approximate surface area is 196 Å². The second-order valence-electron chi connectivity index (χ2n) is 8.05. The van der Waals surface area contributed by atoms with E-state index in [0.29, 0.717) is 54.4 Å². The fourth-order valence-corrected chi connectivity index (χ4v) is 4.73. The summed E-state index contributed by atoms with van der Waals surface area (Å²) in [6.45, 7) is 6.42. The number of Topliss-reactive ketones (excluding diaryl/α,β-unsaturated/α-hetero) is 1. The second-order valence-corrected chi connectivity index (χ2v) is 8.99. The first kappa shape index (κ1) is 21.6. The molecular weight excluding hydrogens is 442 g/mol. The third-order valence-electron chi connectivity index (χ3n) is 5.38. The molecule has 5 rings (SSSR count). The molecule has 172 valence electrons. The van der Waals surface area contributed by atoms with Crippen LogP contribution in [0.4, 0.5) is 0 Å². The van der Waals surface area contributed by atoms with Crippen LogP contribution in [0.25, 0.3) is 11.4 Å². The summed E-state index contributed by atoms with van der Waals surface area (Å²) in [5, 5.41) is 9.52. The summed E-state index contributed by atoms with van der Waals surface area (Å²) < 4.78 is 24.7. The van der Waals surface area contributed by atoms with Crippen molar-refractivity contribution in [3.05, 3.63) is 42.0 Å². The minimum absolute atomic E-state index is 0.00703. The Morgan fingerprint density at radius 2 is 1.58 bits per heavy atom. The van der Waals surface area contributed by atoms with E-state index in [1.54, 1.807) is 18.2 Å². The van der Waals surface area contributed by atoms with E-state index in [1.807, 2.05) is 22.8 Å². The molecule has 2 aromatic carbocycles. The predicted molar refractivity (Wildman–Crippen MR) is 124 cm³/mol. The van der Waals surface area contributed by atoms with E-state index in [-0.39, 0.29) is 17.6 Å². The van der Waals surface area contributed by atoms with Crippen LogP contribution in [-0.2, 0) is 0 Å². The average Bonchev–Trinajstić information content (AvgIpc) is 3.13. The van der Waals surface area contributed by atoms with Gasteiger partial charge in [-0.05, 0) is 50.2 Å². The summed E-state index contributed by atoms with van der Waals surface area (Å²) in [7, 11) is 0. The van der Waals surface area contributed by atoms with E-state index in [4.69, 9.17) is 18.9 Å². The Morgan fingerprint density at radius 1 is 0.909 bits per heavy atom. The maximum atomic E-state index is 12.8. The highest BCUT2D eigenvalue weighted by Crippen LogP contribution is 2.36. The van der Waals surface area contributed by atoms with Crippen molar-refractivity contribution in [2.75, 3.05) is 32.2 Å². The number of fused-ring (bicyclic) bond motifs is 2. The van der Waals surface area contributed by atoms with Crippen molar-refractivity contribution in [2.45, 2.75) is 31.5 Å². The summed E-state index contributed by atoms with van der Waals surface area (Å²) in [6.07, 6.45) is 0.852. The lowest BCUT2D eigenvalue weighted by Crippen LogP contribution is -2.16. The van der Waals surface area contributed by atoms with E-state index >= 15 is 0 Å². The molecular formula is C24H25N3O5S. The van der Waals surface area contributed by atoms with Gasteiger partial charge in [0.05, 0.1) is 19.0 Å². The molecule has 0 saturated carbocycles. The summed E-state index contributed by atoms with van der Waals surface area (Å²) in [6, 6.07) is 11.2. The molecule has 8 nitrogen and oxygen atoms in total. The molecule has 0 unspecified atom stereocenters. The minimum Gasteiger partial charge on any atom is -0.490 e. The molecule has 0 saturated heterocycles. The van der Waals surface area contributed by atoms with E-state index in [9.17, 15) is 4.79 Å². The number of nitrogens with zero attached hydrogens (tertiary/aromatic N) is 3. The molecule has 2 aliphatic rings. The maximum Gasteiger partial charge on any atom is 0.192 e. The molecule has 0 radical (unpaired) electrons. The van der Waals surface area contributed by atoms with Gasteiger partial charge in [-0.25, -0.2) is 0 Å². The Bertz CT molecular complexity index is 1180. The monoisotopic (exact) mass is 467 g/mol. The molecule has 0 fully saturated rings. The largest absolute Gasteiger partial charge is 0.490 e. The van der Waals surface area contributed by atoms with Crippen LogP contribution in [0.5, 0.6) is 23.0 Å². The van der Waals surface area contributed by atoms with Gasteiger partial charge in [0, 0.05) is 23.6 Å². The quantitative estimate of drug-likeness (QED) is 0.389. The lowest BCUT2D eigenvalue weighted by molar-refractivity contribution is 0.102. The SMILES string of the molecule is CC(C)n1c(SCC(=O)c2ccc3c(c2)OCCO3)nnc1-c1ccc2c(c1)OCCCO2. The van der Waals surface area contributed by atoms with E-state index in [0.717, 1.165) is 23.6 Å². The highest BCUT2D eigenvalue weighted by molar-refractivity contribution is 7.99. The van der Waals surface area contributed by atoms with E-state index in [1.165, 1.54) is 11.8 Å². The standard InChI is InChI=1S/C24H25N3O5S/c1-15(2)27-23(17-5-7-19-22(13-17)30-9-3-8-29-19)25-26-24(27)33-14-18(28)16-4-6-20-21(12-16)32-11-10-31-20/h4-7,12-13,15H,3,8-11,14H2,1-2H3. The fourth-order valence-electron chi connectivity index (χ4n) is 3.77. The zero-order chi connectivity index (χ0) is 22.8. The van der Waals surface area contributed by atoms with Crippen molar-refractivity contribution >= 4 is 17.5 Å². The molecule has 1 aromatic heterocycles. The molecule has 3 aromatic rings. The van der Waals surface area contributed by atoms with Gasteiger partial charge in [-0.15, -0.1) is 10.2 Å². The van der Waals surface area contributed by atoms with Gasteiger partial charge in [0.1, 0.15) is 13.2 Å². The Morgan fingerprint density at radius 3 is 2.36 bits per heavy atom. The molecule has 0 amide bonds. The lowest BCUT2D eigenvalue weighted by Gasteiger charge is -2.18. The van der Waals surface area contributed by atoms with Gasteiger partial charge in [-0.3, -0.25) is 9.36 Å². The zero-order valence-electron chi connectivity index (χ0n) is 18.6. The number of benzene rings is 2. The summed E-state index contributed by atoms with van der Waals surface area (Å²) in [5.74, 6) is 3.70. The molecule has 33 heavy (non-hydrogen) atoms. The molecule has 9 heteroatoms. The first-order valence-electron chi connectivity index (χ1n) is 11.0. The average molecular weight is 468 g/mol. The van der Waals surface area contributed by atoms with Crippen molar-refractivity contribution in [3.8, 4) is 34.4 Å². The zero-order valence-corrected chi connectivity index (χ0v) is 19.4. The summed E-state index contributed by atoms with van der Waals surface area (Å²) in [4.78, 5) is 12.8. The molecule has 0 spiro atoms. The van der Waals surface area contributed by atoms with Crippen LogP contribution in [0.15, 0.2) is 41.6 Å².